The second-order valence-corrected chi connectivity index (χ2v) is 5.50. The second-order valence-electron chi connectivity index (χ2n) is 5.50. The summed E-state index contributed by atoms with van der Waals surface area (Å²) in [6, 6.07) is 0.588. The third-order valence-electron chi connectivity index (χ3n) is 2.96. The number of rotatable bonds is 5. The monoisotopic (exact) mass is 214 g/mol. The third-order valence-corrected chi connectivity index (χ3v) is 2.96. The molecule has 0 saturated carbocycles. The molecule has 0 aromatic carbocycles. The van der Waals surface area contributed by atoms with Gasteiger partial charge in [0.15, 0.2) is 0 Å². The van der Waals surface area contributed by atoms with E-state index in [2.05, 4.69) is 24.5 Å². The predicted molar refractivity (Wildman–Crippen MR) is 64.0 cm³/mol. The fourth-order valence-electron chi connectivity index (χ4n) is 2.34. The van der Waals surface area contributed by atoms with Gasteiger partial charge in [-0.1, -0.05) is 13.8 Å². The Morgan fingerprint density at radius 1 is 1.40 bits per heavy atom. The maximum atomic E-state index is 10.1. The van der Waals surface area contributed by atoms with Gasteiger partial charge in [-0.05, 0) is 45.2 Å². The van der Waals surface area contributed by atoms with E-state index < -0.39 is 5.60 Å². The van der Waals surface area contributed by atoms with E-state index in [9.17, 15) is 5.11 Å². The van der Waals surface area contributed by atoms with Gasteiger partial charge < -0.3 is 15.7 Å². The second kappa shape index (κ2) is 5.83. The number of piperidine rings is 1. The van der Waals surface area contributed by atoms with E-state index >= 15 is 0 Å². The Labute approximate surface area is 93.6 Å². The van der Waals surface area contributed by atoms with Crippen molar-refractivity contribution in [2.75, 3.05) is 19.6 Å². The Hall–Kier alpha value is -0.120. The first kappa shape index (κ1) is 12.9. The van der Waals surface area contributed by atoms with Crippen molar-refractivity contribution in [3.05, 3.63) is 0 Å². The summed E-state index contributed by atoms with van der Waals surface area (Å²) in [7, 11) is 0. The molecule has 0 amide bonds. The van der Waals surface area contributed by atoms with Gasteiger partial charge >= 0.3 is 0 Å². The highest BCUT2D eigenvalue weighted by Gasteiger charge is 2.23. The maximum absolute atomic E-state index is 10.1. The average Bonchev–Trinajstić information content (AvgIpc) is 2.15. The molecule has 1 aliphatic rings. The molecule has 90 valence electrons. The fraction of sp³-hybridized carbons (Fsp3) is 1.00. The van der Waals surface area contributed by atoms with E-state index in [-0.39, 0.29) is 0 Å². The Balaban J connectivity index is 2.21. The quantitative estimate of drug-likeness (QED) is 0.643. The molecule has 0 aromatic rings. The first-order chi connectivity index (χ1) is 6.99. The molecule has 0 radical (unpaired) electrons. The van der Waals surface area contributed by atoms with Crippen LogP contribution in [0.25, 0.3) is 0 Å². The third kappa shape index (κ3) is 5.50. The van der Waals surface area contributed by atoms with E-state index in [1.54, 1.807) is 0 Å². The highest BCUT2D eigenvalue weighted by Crippen LogP contribution is 2.16. The summed E-state index contributed by atoms with van der Waals surface area (Å²) in [6.07, 6.45) is 3.22. The van der Waals surface area contributed by atoms with Gasteiger partial charge in [-0.25, -0.2) is 0 Å². The highest BCUT2D eigenvalue weighted by atomic mass is 16.3. The smallest absolute Gasteiger partial charge is 0.0746 e. The molecular weight excluding hydrogens is 188 g/mol. The molecule has 1 saturated heterocycles. The molecule has 1 fully saturated rings. The SMILES string of the molecule is CC(C)CC(C)(O)CNC1CCNCC1. The average molecular weight is 214 g/mol. The van der Waals surface area contributed by atoms with E-state index in [1.807, 2.05) is 6.92 Å². The fourth-order valence-corrected chi connectivity index (χ4v) is 2.34. The van der Waals surface area contributed by atoms with Gasteiger partial charge in [-0.3, -0.25) is 0 Å². The number of hydrogen-bond donors (Lipinski definition) is 3. The Morgan fingerprint density at radius 2 is 2.00 bits per heavy atom. The Bertz CT molecular complexity index is 174. The molecule has 0 spiro atoms. The van der Waals surface area contributed by atoms with Gasteiger partial charge in [0, 0.05) is 12.6 Å². The summed E-state index contributed by atoms with van der Waals surface area (Å²) in [5, 5.41) is 17.0. The molecule has 1 atom stereocenters. The van der Waals surface area contributed by atoms with Crippen LogP contribution in [0, 0.1) is 5.92 Å². The summed E-state index contributed by atoms with van der Waals surface area (Å²) in [5.74, 6) is 0.551. The minimum absolute atomic E-state index is 0.551. The summed E-state index contributed by atoms with van der Waals surface area (Å²) in [5.41, 5.74) is -0.557. The van der Waals surface area contributed by atoms with E-state index in [0.717, 1.165) is 26.1 Å². The van der Waals surface area contributed by atoms with Gasteiger partial charge in [0.05, 0.1) is 5.60 Å². The van der Waals surface area contributed by atoms with Crippen LogP contribution in [-0.4, -0.2) is 36.4 Å². The standard InChI is InChI=1S/C12H26N2O/c1-10(2)8-12(3,15)9-14-11-4-6-13-7-5-11/h10-11,13-15H,4-9H2,1-3H3. The minimum atomic E-state index is -0.557. The largest absolute Gasteiger partial charge is 0.389 e. The van der Waals surface area contributed by atoms with Crippen LogP contribution < -0.4 is 10.6 Å². The van der Waals surface area contributed by atoms with Crippen LogP contribution in [0.4, 0.5) is 0 Å². The molecule has 1 rings (SSSR count). The van der Waals surface area contributed by atoms with Crippen molar-refractivity contribution in [1.82, 2.24) is 10.6 Å². The van der Waals surface area contributed by atoms with Gasteiger partial charge in [0.2, 0.25) is 0 Å². The molecule has 0 aromatic heterocycles. The molecule has 1 unspecified atom stereocenters. The predicted octanol–water partition coefficient (Wildman–Crippen LogP) is 1.13. The van der Waals surface area contributed by atoms with Crippen molar-refractivity contribution in [2.24, 2.45) is 5.92 Å². The zero-order valence-electron chi connectivity index (χ0n) is 10.3. The van der Waals surface area contributed by atoms with Crippen LogP contribution in [0.2, 0.25) is 0 Å². The first-order valence-electron chi connectivity index (χ1n) is 6.16. The normalized spacial score (nSPS) is 23.0. The molecule has 0 aliphatic carbocycles. The highest BCUT2D eigenvalue weighted by molar-refractivity contribution is 4.81. The van der Waals surface area contributed by atoms with E-state index in [0.29, 0.717) is 12.0 Å². The summed E-state index contributed by atoms with van der Waals surface area (Å²) in [6.45, 7) is 9.16. The van der Waals surface area contributed by atoms with E-state index in [4.69, 9.17) is 0 Å². The lowest BCUT2D eigenvalue weighted by Gasteiger charge is -2.30. The van der Waals surface area contributed by atoms with Gasteiger partial charge in [0.25, 0.3) is 0 Å². The van der Waals surface area contributed by atoms with Crippen molar-refractivity contribution in [1.29, 1.82) is 0 Å². The molecule has 1 aliphatic heterocycles. The van der Waals surface area contributed by atoms with E-state index in [1.165, 1.54) is 12.8 Å². The lowest BCUT2D eigenvalue weighted by molar-refractivity contribution is 0.0349. The van der Waals surface area contributed by atoms with Gasteiger partial charge in [-0.2, -0.15) is 0 Å². The lowest BCUT2D eigenvalue weighted by atomic mass is 9.93. The van der Waals surface area contributed by atoms with Crippen molar-refractivity contribution >= 4 is 0 Å². The van der Waals surface area contributed by atoms with Gasteiger partial charge in [-0.15, -0.1) is 0 Å². The van der Waals surface area contributed by atoms with Crippen LogP contribution in [0.15, 0.2) is 0 Å². The number of nitrogens with one attached hydrogen (secondary N) is 2. The zero-order chi connectivity index (χ0) is 11.3. The molecule has 3 N–H and O–H groups in total. The Kier molecular flexibility index (Phi) is 5.03. The number of hydrogen-bond acceptors (Lipinski definition) is 3. The van der Waals surface area contributed by atoms with Crippen LogP contribution in [0.5, 0.6) is 0 Å². The van der Waals surface area contributed by atoms with Crippen molar-refractivity contribution < 1.29 is 5.11 Å². The zero-order valence-corrected chi connectivity index (χ0v) is 10.3. The topological polar surface area (TPSA) is 44.3 Å². The number of aliphatic hydroxyl groups is 1. The summed E-state index contributed by atoms with van der Waals surface area (Å²) < 4.78 is 0. The first-order valence-corrected chi connectivity index (χ1v) is 6.16. The minimum Gasteiger partial charge on any atom is -0.389 e. The van der Waals surface area contributed by atoms with Crippen LogP contribution >= 0.6 is 0 Å². The molecular formula is C12H26N2O. The molecule has 1 heterocycles. The van der Waals surface area contributed by atoms with Crippen LogP contribution in [-0.2, 0) is 0 Å². The molecule has 3 heteroatoms. The maximum Gasteiger partial charge on any atom is 0.0746 e. The summed E-state index contributed by atoms with van der Waals surface area (Å²) in [4.78, 5) is 0. The van der Waals surface area contributed by atoms with Crippen LogP contribution in [0.1, 0.15) is 40.0 Å². The van der Waals surface area contributed by atoms with Crippen molar-refractivity contribution in [3.8, 4) is 0 Å². The molecule has 3 nitrogen and oxygen atoms in total. The Morgan fingerprint density at radius 3 is 2.53 bits per heavy atom. The van der Waals surface area contributed by atoms with Gasteiger partial charge in [0.1, 0.15) is 0 Å². The van der Waals surface area contributed by atoms with Crippen molar-refractivity contribution in [3.63, 3.8) is 0 Å². The van der Waals surface area contributed by atoms with Crippen LogP contribution in [0.3, 0.4) is 0 Å². The molecule has 0 bridgehead atoms. The summed E-state index contributed by atoms with van der Waals surface area (Å²) >= 11 is 0. The molecule has 15 heavy (non-hydrogen) atoms. The lowest BCUT2D eigenvalue weighted by Crippen LogP contribution is -2.47. The van der Waals surface area contributed by atoms with Crippen molar-refractivity contribution in [2.45, 2.75) is 51.7 Å².